The van der Waals surface area contributed by atoms with Crippen LogP contribution >= 0.6 is 0 Å². The monoisotopic (exact) mass is 238 g/mol. The Hall–Kier alpha value is -0.600. The number of aliphatic hydroxyl groups is 2. The molecule has 0 saturated carbocycles. The summed E-state index contributed by atoms with van der Waals surface area (Å²) in [6, 6.07) is 0. The minimum absolute atomic E-state index is 0.604. The summed E-state index contributed by atoms with van der Waals surface area (Å²) in [6.45, 7) is 7.63. The zero-order chi connectivity index (χ0) is 13.1. The number of allylic oxidation sites excluding steroid dienone is 4. The molecule has 1 aliphatic carbocycles. The molecule has 0 saturated heterocycles. The molecule has 1 aliphatic rings. The number of hydrogen-bond donors (Lipinski definition) is 2. The van der Waals surface area contributed by atoms with E-state index in [9.17, 15) is 10.2 Å². The van der Waals surface area contributed by atoms with Crippen molar-refractivity contribution in [2.75, 3.05) is 0 Å². The predicted octanol–water partition coefficient (Wildman–Crippen LogP) is 3.20. The highest BCUT2D eigenvalue weighted by Crippen LogP contribution is 2.26. The number of aliphatic hydroxyl groups excluding tert-OH is 1. The normalized spacial score (nSPS) is 23.1. The van der Waals surface area contributed by atoms with Gasteiger partial charge in [-0.15, -0.1) is 0 Å². The first-order valence-corrected chi connectivity index (χ1v) is 6.56. The van der Waals surface area contributed by atoms with Crippen molar-refractivity contribution in [3.63, 3.8) is 0 Å². The van der Waals surface area contributed by atoms with Gasteiger partial charge in [0.15, 0.2) is 0 Å². The number of hydrogen-bond acceptors (Lipinski definition) is 2. The minimum Gasteiger partial charge on any atom is -0.390 e. The molecule has 2 unspecified atom stereocenters. The van der Waals surface area contributed by atoms with Crippen molar-refractivity contribution in [1.82, 2.24) is 0 Å². The first-order valence-electron chi connectivity index (χ1n) is 6.56. The Kier molecular flexibility index (Phi) is 4.96. The van der Waals surface area contributed by atoms with E-state index in [4.69, 9.17) is 0 Å². The fourth-order valence-corrected chi connectivity index (χ4v) is 2.17. The Balaban J connectivity index is 2.30. The van der Waals surface area contributed by atoms with Gasteiger partial charge in [-0.25, -0.2) is 0 Å². The van der Waals surface area contributed by atoms with E-state index < -0.39 is 11.7 Å². The summed E-state index contributed by atoms with van der Waals surface area (Å²) < 4.78 is 0. The van der Waals surface area contributed by atoms with Gasteiger partial charge in [-0.2, -0.15) is 0 Å². The van der Waals surface area contributed by atoms with Gasteiger partial charge in [0.2, 0.25) is 0 Å². The Labute approximate surface area is 105 Å². The molecule has 0 bridgehead atoms. The molecule has 0 fully saturated rings. The Morgan fingerprint density at radius 3 is 2.53 bits per heavy atom. The van der Waals surface area contributed by atoms with Gasteiger partial charge in [-0.3, -0.25) is 0 Å². The Morgan fingerprint density at radius 1 is 1.35 bits per heavy atom. The van der Waals surface area contributed by atoms with Gasteiger partial charge in [-0.1, -0.05) is 29.7 Å². The molecule has 1 rings (SSSR count). The molecule has 17 heavy (non-hydrogen) atoms. The van der Waals surface area contributed by atoms with Crippen LogP contribution in [0.15, 0.2) is 23.3 Å². The molecular formula is C15H26O2. The third-order valence-corrected chi connectivity index (χ3v) is 3.70. The standard InChI is InChI=1S/C15H26O2/c1-11-8-9-13(10-12(11)2)6-5-7-14(16)15(3,4)17/h8,10,13-14,16-17H,5-7,9H2,1-4H3. The highest BCUT2D eigenvalue weighted by Gasteiger charge is 2.24. The maximum Gasteiger partial charge on any atom is 0.0849 e. The van der Waals surface area contributed by atoms with Crippen LogP contribution in [-0.2, 0) is 0 Å². The van der Waals surface area contributed by atoms with Crippen LogP contribution in [0.1, 0.15) is 53.4 Å². The first-order chi connectivity index (χ1) is 7.80. The number of rotatable bonds is 5. The molecule has 0 heterocycles. The maximum absolute atomic E-state index is 9.73. The van der Waals surface area contributed by atoms with E-state index in [0.29, 0.717) is 12.3 Å². The maximum atomic E-state index is 9.73. The predicted molar refractivity (Wildman–Crippen MR) is 71.8 cm³/mol. The molecule has 2 nitrogen and oxygen atoms in total. The Bertz CT molecular complexity index is 307. The second-order valence-corrected chi connectivity index (χ2v) is 5.83. The van der Waals surface area contributed by atoms with Crippen LogP contribution in [-0.4, -0.2) is 21.9 Å². The van der Waals surface area contributed by atoms with E-state index in [1.165, 1.54) is 11.1 Å². The molecule has 0 aliphatic heterocycles. The van der Waals surface area contributed by atoms with Gasteiger partial charge < -0.3 is 10.2 Å². The van der Waals surface area contributed by atoms with E-state index >= 15 is 0 Å². The van der Waals surface area contributed by atoms with E-state index in [2.05, 4.69) is 26.0 Å². The van der Waals surface area contributed by atoms with E-state index in [1.807, 2.05) is 0 Å². The second-order valence-electron chi connectivity index (χ2n) is 5.83. The lowest BCUT2D eigenvalue weighted by Crippen LogP contribution is -2.35. The van der Waals surface area contributed by atoms with E-state index in [1.54, 1.807) is 13.8 Å². The summed E-state index contributed by atoms with van der Waals surface area (Å²) in [6.07, 6.45) is 7.87. The minimum atomic E-state index is -0.977. The van der Waals surface area contributed by atoms with Gasteiger partial charge in [0.05, 0.1) is 11.7 Å². The summed E-state index contributed by atoms with van der Waals surface area (Å²) >= 11 is 0. The molecular weight excluding hydrogens is 212 g/mol. The largest absolute Gasteiger partial charge is 0.390 e. The molecule has 2 atom stereocenters. The lowest BCUT2D eigenvalue weighted by atomic mass is 9.87. The molecule has 0 aromatic carbocycles. The van der Waals surface area contributed by atoms with Crippen LogP contribution in [0.3, 0.4) is 0 Å². The van der Waals surface area contributed by atoms with Crippen molar-refractivity contribution in [2.45, 2.75) is 65.1 Å². The van der Waals surface area contributed by atoms with Crippen molar-refractivity contribution in [2.24, 2.45) is 5.92 Å². The lowest BCUT2D eigenvalue weighted by Gasteiger charge is -2.25. The summed E-state index contributed by atoms with van der Waals surface area (Å²) in [5, 5.41) is 19.4. The van der Waals surface area contributed by atoms with Gasteiger partial charge in [-0.05, 0) is 52.9 Å². The summed E-state index contributed by atoms with van der Waals surface area (Å²) in [7, 11) is 0. The molecule has 0 amide bonds. The molecule has 0 radical (unpaired) electrons. The molecule has 98 valence electrons. The first kappa shape index (κ1) is 14.5. The topological polar surface area (TPSA) is 40.5 Å². The van der Waals surface area contributed by atoms with Gasteiger partial charge in [0, 0.05) is 0 Å². The fourth-order valence-electron chi connectivity index (χ4n) is 2.17. The SMILES string of the molecule is CC1=CCC(CCCC(O)C(C)(C)O)C=C1C. The molecule has 2 N–H and O–H groups in total. The molecule has 2 heteroatoms. The van der Waals surface area contributed by atoms with Crippen molar-refractivity contribution in [1.29, 1.82) is 0 Å². The third kappa shape index (κ3) is 4.64. The average molecular weight is 238 g/mol. The van der Waals surface area contributed by atoms with Gasteiger partial charge >= 0.3 is 0 Å². The van der Waals surface area contributed by atoms with Crippen LogP contribution in [0.5, 0.6) is 0 Å². The fraction of sp³-hybridized carbons (Fsp3) is 0.733. The van der Waals surface area contributed by atoms with Crippen LogP contribution < -0.4 is 0 Å². The highest BCUT2D eigenvalue weighted by atomic mass is 16.3. The van der Waals surface area contributed by atoms with Crippen molar-refractivity contribution >= 4 is 0 Å². The van der Waals surface area contributed by atoms with Crippen molar-refractivity contribution in [3.8, 4) is 0 Å². The molecule has 0 spiro atoms. The van der Waals surface area contributed by atoms with Crippen molar-refractivity contribution < 1.29 is 10.2 Å². The summed E-state index contributed by atoms with van der Waals surface area (Å²) in [5.74, 6) is 0.604. The van der Waals surface area contributed by atoms with Crippen LogP contribution in [0, 0.1) is 5.92 Å². The third-order valence-electron chi connectivity index (χ3n) is 3.70. The zero-order valence-electron chi connectivity index (χ0n) is 11.5. The lowest BCUT2D eigenvalue weighted by molar-refractivity contribution is -0.0524. The summed E-state index contributed by atoms with van der Waals surface area (Å²) in [5.41, 5.74) is 1.79. The zero-order valence-corrected chi connectivity index (χ0v) is 11.5. The van der Waals surface area contributed by atoms with E-state index in [-0.39, 0.29) is 0 Å². The van der Waals surface area contributed by atoms with Crippen LogP contribution in [0.25, 0.3) is 0 Å². The Morgan fingerprint density at radius 2 is 2.00 bits per heavy atom. The highest BCUT2D eigenvalue weighted by molar-refractivity contribution is 5.30. The smallest absolute Gasteiger partial charge is 0.0849 e. The van der Waals surface area contributed by atoms with Crippen LogP contribution in [0.4, 0.5) is 0 Å². The van der Waals surface area contributed by atoms with Gasteiger partial charge in [0.1, 0.15) is 0 Å². The van der Waals surface area contributed by atoms with Crippen molar-refractivity contribution in [3.05, 3.63) is 23.3 Å². The van der Waals surface area contributed by atoms with Gasteiger partial charge in [0.25, 0.3) is 0 Å². The van der Waals surface area contributed by atoms with Crippen LogP contribution in [0.2, 0.25) is 0 Å². The summed E-state index contributed by atoms with van der Waals surface area (Å²) in [4.78, 5) is 0. The molecule has 0 aromatic rings. The van der Waals surface area contributed by atoms with E-state index in [0.717, 1.165) is 19.3 Å². The quantitative estimate of drug-likeness (QED) is 0.772. The average Bonchev–Trinajstić information content (AvgIpc) is 2.22. The molecule has 0 aromatic heterocycles. The second kappa shape index (κ2) is 5.83.